The molecule has 0 aliphatic carbocycles. The molecule has 0 saturated heterocycles. The zero-order valence-corrected chi connectivity index (χ0v) is 16.4. The molecular weight excluding hydrogens is 392 g/mol. The van der Waals surface area contributed by atoms with Crippen molar-refractivity contribution in [1.82, 2.24) is 10.5 Å². The average Bonchev–Trinajstić information content (AvgIpc) is 3.16. The van der Waals surface area contributed by atoms with Gasteiger partial charge in [0.2, 0.25) is 0 Å². The number of imide groups is 1. The minimum absolute atomic E-state index is 0.333. The molecule has 0 saturated carbocycles. The Bertz CT molecular complexity index is 1020. The molecule has 0 radical (unpaired) electrons. The van der Waals surface area contributed by atoms with Gasteiger partial charge in [0.1, 0.15) is 5.76 Å². The van der Waals surface area contributed by atoms with Gasteiger partial charge in [0.05, 0.1) is 11.3 Å². The topological polar surface area (TPSA) is 98.5 Å². The summed E-state index contributed by atoms with van der Waals surface area (Å²) in [4.78, 5) is 37.0. The van der Waals surface area contributed by atoms with Crippen molar-refractivity contribution in [3.8, 4) is 0 Å². The number of carbonyl (C=O) groups excluding carboxylic acids is 3. The van der Waals surface area contributed by atoms with Crippen LogP contribution in [0.25, 0.3) is 0 Å². The van der Waals surface area contributed by atoms with E-state index < -0.39 is 24.4 Å². The standard InChI is InChI=1S/C21H18N2O5S/c1-14-11-16(23-28-14)13-29-18-10-6-5-9-17(18)21(26)27-12-19(24)22-20(25)15-7-3-2-4-8-15/h2-11H,12-13H2,1H3,(H,22,24,25). The molecule has 29 heavy (non-hydrogen) atoms. The minimum Gasteiger partial charge on any atom is -0.452 e. The zero-order chi connectivity index (χ0) is 20.6. The number of nitrogens with zero attached hydrogens (tertiary/aromatic N) is 1. The number of aryl methyl sites for hydroxylation is 1. The van der Waals surface area contributed by atoms with Crippen molar-refractivity contribution in [3.63, 3.8) is 0 Å². The molecule has 3 aromatic rings. The van der Waals surface area contributed by atoms with E-state index in [4.69, 9.17) is 9.26 Å². The van der Waals surface area contributed by atoms with E-state index in [1.54, 1.807) is 61.5 Å². The van der Waals surface area contributed by atoms with Crippen LogP contribution in [0.2, 0.25) is 0 Å². The third-order valence-electron chi connectivity index (χ3n) is 3.78. The summed E-state index contributed by atoms with van der Waals surface area (Å²) in [5.41, 5.74) is 1.44. The van der Waals surface area contributed by atoms with Gasteiger partial charge in [0.25, 0.3) is 11.8 Å². The van der Waals surface area contributed by atoms with Crippen molar-refractivity contribution in [2.75, 3.05) is 6.61 Å². The Labute approximate surface area is 171 Å². The zero-order valence-electron chi connectivity index (χ0n) is 15.6. The lowest BCUT2D eigenvalue weighted by Gasteiger charge is -2.09. The van der Waals surface area contributed by atoms with Crippen LogP contribution < -0.4 is 5.32 Å². The second kappa shape index (κ2) is 9.70. The smallest absolute Gasteiger partial charge is 0.339 e. The summed E-state index contributed by atoms with van der Waals surface area (Å²) in [6, 6.07) is 17.0. The molecule has 1 N–H and O–H groups in total. The first-order chi connectivity index (χ1) is 14.0. The number of ether oxygens (including phenoxy) is 1. The van der Waals surface area contributed by atoms with Crippen molar-refractivity contribution < 1.29 is 23.6 Å². The van der Waals surface area contributed by atoms with Crippen LogP contribution >= 0.6 is 11.8 Å². The van der Waals surface area contributed by atoms with E-state index in [9.17, 15) is 14.4 Å². The average molecular weight is 410 g/mol. The van der Waals surface area contributed by atoms with Crippen molar-refractivity contribution in [1.29, 1.82) is 0 Å². The number of nitrogens with one attached hydrogen (secondary N) is 1. The molecule has 1 heterocycles. The summed E-state index contributed by atoms with van der Waals surface area (Å²) in [7, 11) is 0. The molecule has 8 heteroatoms. The molecule has 0 atom stereocenters. The monoisotopic (exact) mass is 410 g/mol. The highest BCUT2D eigenvalue weighted by atomic mass is 32.2. The Morgan fingerprint density at radius 2 is 1.79 bits per heavy atom. The van der Waals surface area contributed by atoms with Crippen molar-refractivity contribution in [3.05, 3.63) is 83.2 Å². The fourth-order valence-corrected chi connectivity index (χ4v) is 3.35. The molecule has 0 unspecified atom stereocenters. The van der Waals surface area contributed by atoms with Gasteiger partial charge in [-0.15, -0.1) is 11.8 Å². The van der Waals surface area contributed by atoms with Gasteiger partial charge >= 0.3 is 5.97 Å². The summed E-state index contributed by atoms with van der Waals surface area (Å²) < 4.78 is 10.1. The quantitative estimate of drug-likeness (QED) is 0.471. The number of hydrogen-bond acceptors (Lipinski definition) is 7. The molecule has 0 fully saturated rings. The molecule has 2 amide bonds. The Kier molecular flexibility index (Phi) is 6.80. The molecule has 0 aliphatic heterocycles. The van der Waals surface area contributed by atoms with E-state index in [-0.39, 0.29) is 0 Å². The van der Waals surface area contributed by atoms with E-state index in [1.165, 1.54) is 11.8 Å². The molecule has 148 valence electrons. The summed E-state index contributed by atoms with van der Waals surface area (Å²) in [6.07, 6.45) is 0. The molecular formula is C21H18N2O5S. The van der Waals surface area contributed by atoms with Crippen molar-refractivity contribution in [2.24, 2.45) is 0 Å². The predicted octanol–water partition coefficient (Wildman–Crippen LogP) is 3.39. The summed E-state index contributed by atoms with van der Waals surface area (Å²) in [5.74, 6) is -0.662. The van der Waals surface area contributed by atoms with E-state index in [2.05, 4.69) is 10.5 Å². The molecule has 0 spiro atoms. The highest BCUT2D eigenvalue weighted by Gasteiger charge is 2.16. The second-order valence-corrected chi connectivity index (χ2v) is 7.05. The van der Waals surface area contributed by atoms with Crippen LogP contribution in [0.5, 0.6) is 0 Å². The predicted molar refractivity (Wildman–Crippen MR) is 106 cm³/mol. The molecule has 2 aromatic carbocycles. The van der Waals surface area contributed by atoms with E-state index >= 15 is 0 Å². The van der Waals surface area contributed by atoms with Crippen LogP contribution in [0.4, 0.5) is 0 Å². The highest BCUT2D eigenvalue weighted by molar-refractivity contribution is 7.98. The number of amides is 2. The lowest BCUT2D eigenvalue weighted by atomic mass is 10.2. The Morgan fingerprint density at radius 3 is 2.52 bits per heavy atom. The molecule has 0 aliphatic rings. The van der Waals surface area contributed by atoms with Gasteiger partial charge in [0.15, 0.2) is 6.61 Å². The van der Waals surface area contributed by atoms with Gasteiger partial charge in [-0.3, -0.25) is 14.9 Å². The maximum Gasteiger partial charge on any atom is 0.339 e. The Morgan fingerprint density at radius 1 is 1.07 bits per heavy atom. The number of thioether (sulfide) groups is 1. The molecule has 1 aromatic heterocycles. The van der Waals surface area contributed by atoms with Gasteiger partial charge in [-0.2, -0.15) is 0 Å². The number of hydrogen-bond donors (Lipinski definition) is 1. The summed E-state index contributed by atoms with van der Waals surface area (Å²) in [6.45, 7) is 1.25. The van der Waals surface area contributed by atoms with Crippen LogP contribution in [0, 0.1) is 6.92 Å². The van der Waals surface area contributed by atoms with Crippen molar-refractivity contribution in [2.45, 2.75) is 17.6 Å². The fraction of sp³-hybridized carbons (Fsp3) is 0.143. The first-order valence-corrected chi connectivity index (χ1v) is 9.72. The fourth-order valence-electron chi connectivity index (χ4n) is 2.43. The van der Waals surface area contributed by atoms with E-state index in [1.807, 2.05) is 6.07 Å². The first-order valence-electron chi connectivity index (χ1n) is 8.73. The number of esters is 1. The van der Waals surface area contributed by atoms with Gasteiger partial charge in [-0.25, -0.2) is 4.79 Å². The van der Waals surface area contributed by atoms with Crippen LogP contribution in [-0.4, -0.2) is 29.5 Å². The Balaban J connectivity index is 1.55. The highest BCUT2D eigenvalue weighted by Crippen LogP contribution is 2.26. The lowest BCUT2D eigenvalue weighted by molar-refractivity contribution is -0.123. The Hall–Kier alpha value is -3.39. The van der Waals surface area contributed by atoms with Gasteiger partial charge < -0.3 is 9.26 Å². The van der Waals surface area contributed by atoms with E-state index in [0.29, 0.717) is 27.5 Å². The van der Waals surface area contributed by atoms with Crippen LogP contribution in [0.1, 0.15) is 32.2 Å². The van der Waals surface area contributed by atoms with Gasteiger partial charge in [-0.1, -0.05) is 35.5 Å². The second-order valence-electron chi connectivity index (χ2n) is 6.03. The number of carbonyl (C=O) groups is 3. The maximum absolute atomic E-state index is 12.4. The SMILES string of the molecule is Cc1cc(CSc2ccccc2C(=O)OCC(=O)NC(=O)c2ccccc2)no1. The molecule has 3 rings (SSSR count). The summed E-state index contributed by atoms with van der Waals surface area (Å²) >= 11 is 1.41. The third kappa shape index (κ3) is 5.79. The third-order valence-corrected chi connectivity index (χ3v) is 4.89. The van der Waals surface area contributed by atoms with Crippen LogP contribution in [0.15, 0.2) is 70.1 Å². The normalized spacial score (nSPS) is 10.4. The number of rotatable bonds is 7. The maximum atomic E-state index is 12.4. The van der Waals surface area contributed by atoms with Gasteiger partial charge in [-0.05, 0) is 31.2 Å². The van der Waals surface area contributed by atoms with Gasteiger partial charge in [0, 0.05) is 22.3 Å². The van der Waals surface area contributed by atoms with E-state index in [0.717, 1.165) is 5.69 Å². The first kappa shape index (κ1) is 20.3. The van der Waals surface area contributed by atoms with Crippen molar-refractivity contribution >= 4 is 29.5 Å². The lowest BCUT2D eigenvalue weighted by Crippen LogP contribution is -2.34. The summed E-state index contributed by atoms with van der Waals surface area (Å²) in [5, 5.41) is 6.11. The van der Waals surface area contributed by atoms with Crippen LogP contribution in [-0.2, 0) is 15.3 Å². The van der Waals surface area contributed by atoms with Crippen LogP contribution in [0.3, 0.4) is 0 Å². The molecule has 0 bridgehead atoms. The minimum atomic E-state index is -0.699. The molecule has 7 nitrogen and oxygen atoms in total. The number of aromatic nitrogens is 1. The largest absolute Gasteiger partial charge is 0.452 e. The number of benzene rings is 2.